The van der Waals surface area contributed by atoms with Crippen molar-refractivity contribution >= 4 is 39.5 Å². The van der Waals surface area contributed by atoms with Gasteiger partial charge < -0.3 is 33.8 Å². The van der Waals surface area contributed by atoms with E-state index in [2.05, 4.69) is 41.5 Å². The van der Waals surface area contributed by atoms with Gasteiger partial charge in [0.2, 0.25) is 0 Å². The summed E-state index contributed by atoms with van der Waals surface area (Å²) in [6, 6.07) is 0. The number of phosphoric ester groups is 2. The van der Waals surface area contributed by atoms with E-state index in [4.69, 9.17) is 37.0 Å². The summed E-state index contributed by atoms with van der Waals surface area (Å²) in [7, 11) is -9.92. The molecular formula is C83H162O17P2. The van der Waals surface area contributed by atoms with Crippen LogP contribution in [0, 0.1) is 11.8 Å². The molecule has 0 heterocycles. The number of esters is 4. The number of aliphatic hydroxyl groups excluding tert-OH is 1. The molecule has 17 nitrogen and oxygen atoms in total. The maximum Gasteiger partial charge on any atom is 0.472 e. The van der Waals surface area contributed by atoms with Crippen LogP contribution < -0.4 is 0 Å². The Bertz CT molecular complexity index is 1960. The van der Waals surface area contributed by atoms with Gasteiger partial charge in [0.15, 0.2) is 12.2 Å². The van der Waals surface area contributed by atoms with Gasteiger partial charge in [0.1, 0.15) is 19.3 Å². The molecule has 0 radical (unpaired) electrons. The Morgan fingerprint density at radius 1 is 0.265 bits per heavy atom. The fourth-order valence-corrected chi connectivity index (χ4v) is 14.5. The fourth-order valence-electron chi connectivity index (χ4n) is 12.9. The zero-order valence-corrected chi connectivity index (χ0v) is 68.7. The van der Waals surface area contributed by atoms with Gasteiger partial charge in [-0.25, -0.2) is 9.13 Å². The van der Waals surface area contributed by atoms with Gasteiger partial charge in [0.05, 0.1) is 26.4 Å². The third-order valence-corrected chi connectivity index (χ3v) is 21.4. The first-order chi connectivity index (χ1) is 49.4. The highest BCUT2D eigenvalue weighted by atomic mass is 31.2. The van der Waals surface area contributed by atoms with Crippen molar-refractivity contribution in [1.82, 2.24) is 0 Å². The van der Waals surface area contributed by atoms with Crippen LogP contribution in [0.3, 0.4) is 0 Å². The predicted octanol–water partition coefficient (Wildman–Crippen LogP) is 25.1. The number of ether oxygens (including phenoxy) is 4. The van der Waals surface area contributed by atoms with Crippen molar-refractivity contribution in [3.8, 4) is 0 Å². The molecule has 0 aliphatic carbocycles. The minimum Gasteiger partial charge on any atom is -0.462 e. The van der Waals surface area contributed by atoms with Crippen LogP contribution in [0.15, 0.2) is 0 Å². The Morgan fingerprint density at radius 2 is 0.451 bits per heavy atom. The molecule has 0 fully saturated rings. The van der Waals surface area contributed by atoms with E-state index >= 15 is 0 Å². The first-order valence-electron chi connectivity index (χ1n) is 43.0. The Kier molecular flexibility index (Phi) is 73.1. The standard InChI is InChI=1S/C83H162O17P2/c1-7-9-11-13-15-17-19-21-23-25-27-29-31-35-39-43-47-55-61-67-82(87)99-78(71-93-80(85)65-59-53-46-42-38-34-30-28-26-24-22-20-18-16-14-12-10-8-2)73-97-101(89,90)95-69-77(84)70-96-102(91,92)98-74-79(72-94-81(86)66-60-54-50-49-52-58-64-76(5)6)100-83(88)68-62-56-48-44-40-36-32-33-37-41-45-51-57-63-75(3)4/h75-79,84H,7-74H2,1-6H3,(H,89,90)(H,91,92)/t77-,78-,79-/m1/s1. The summed E-state index contributed by atoms with van der Waals surface area (Å²) in [4.78, 5) is 73.1. The number of phosphoric acid groups is 2. The molecule has 19 heteroatoms. The number of carbonyl (C=O) groups is 4. The Morgan fingerprint density at radius 3 is 0.667 bits per heavy atom. The van der Waals surface area contributed by atoms with Crippen molar-refractivity contribution in [1.29, 1.82) is 0 Å². The third kappa shape index (κ3) is 76.3. The molecule has 0 aromatic rings. The molecule has 0 aliphatic heterocycles. The molecule has 102 heavy (non-hydrogen) atoms. The summed E-state index contributed by atoms with van der Waals surface area (Å²) < 4.78 is 68.8. The SMILES string of the molecule is CCCCCCCCCCCCCCCCCCCCCC(=O)O[C@H](COC(=O)CCCCCCCCCCCCCCCCCCCC)COP(=O)(O)OC[C@@H](O)COP(=O)(O)OC[C@@H](COC(=O)CCCCCCCCC(C)C)OC(=O)CCCCCCCCCCCCCCCC(C)C. The van der Waals surface area contributed by atoms with Crippen molar-refractivity contribution in [2.75, 3.05) is 39.6 Å². The zero-order valence-electron chi connectivity index (χ0n) is 66.9. The van der Waals surface area contributed by atoms with Gasteiger partial charge in [-0.05, 0) is 37.5 Å². The van der Waals surface area contributed by atoms with E-state index in [1.54, 1.807) is 0 Å². The number of carbonyl (C=O) groups excluding carboxylic acids is 4. The summed E-state index contributed by atoms with van der Waals surface area (Å²) in [5.74, 6) is -0.642. The molecule has 0 aromatic heterocycles. The number of unbranched alkanes of at least 4 members (excludes halogenated alkanes) is 52. The zero-order chi connectivity index (χ0) is 74.9. The maximum absolute atomic E-state index is 13.1. The number of rotatable bonds is 82. The smallest absolute Gasteiger partial charge is 0.462 e. The van der Waals surface area contributed by atoms with Crippen LogP contribution in [-0.2, 0) is 65.4 Å². The van der Waals surface area contributed by atoms with E-state index in [9.17, 15) is 43.2 Å². The van der Waals surface area contributed by atoms with E-state index in [0.717, 1.165) is 102 Å². The Hall–Kier alpha value is -1.94. The second-order valence-corrected chi connectivity index (χ2v) is 33.7. The van der Waals surface area contributed by atoms with Crippen molar-refractivity contribution < 1.29 is 80.2 Å². The van der Waals surface area contributed by atoms with Crippen LogP contribution in [0.5, 0.6) is 0 Å². The number of hydrogen-bond donors (Lipinski definition) is 3. The van der Waals surface area contributed by atoms with Crippen molar-refractivity contribution in [2.24, 2.45) is 11.8 Å². The normalized spacial score (nSPS) is 13.9. The van der Waals surface area contributed by atoms with Gasteiger partial charge in [0.25, 0.3) is 0 Å². The number of aliphatic hydroxyl groups is 1. The molecule has 5 atom stereocenters. The molecular weight excluding hydrogens is 1330 g/mol. The van der Waals surface area contributed by atoms with Crippen LogP contribution in [0.1, 0.15) is 440 Å². The largest absolute Gasteiger partial charge is 0.472 e. The summed E-state index contributed by atoms with van der Waals surface area (Å²) in [5.41, 5.74) is 0. The summed E-state index contributed by atoms with van der Waals surface area (Å²) in [6.45, 7) is 9.58. The average molecular weight is 1490 g/mol. The first kappa shape index (κ1) is 100. The van der Waals surface area contributed by atoms with Crippen LogP contribution in [0.4, 0.5) is 0 Å². The fraction of sp³-hybridized carbons (Fsp3) is 0.952. The second kappa shape index (κ2) is 74.5. The summed E-state index contributed by atoms with van der Waals surface area (Å²) >= 11 is 0. The molecule has 2 unspecified atom stereocenters. The van der Waals surface area contributed by atoms with Crippen molar-refractivity contribution in [3.63, 3.8) is 0 Å². The van der Waals surface area contributed by atoms with Crippen molar-refractivity contribution in [2.45, 2.75) is 458 Å². The van der Waals surface area contributed by atoms with Gasteiger partial charge in [-0.1, -0.05) is 388 Å². The van der Waals surface area contributed by atoms with Crippen LogP contribution in [0.2, 0.25) is 0 Å². The molecule has 0 rings (SSSR count). The van der Waals surface area contributed by atoms with Gasteiger partial charge in [-0.15, -0.1) is 0 Å². The van der Waals surface area contributed by atoms with Crippen molar-refractivity contribution in [3.05, 3.63) is 0 Å². The topological polar surface area (TPSA) is 237 Å². The maximum atomic E-state index is 13.1. The Balaban J connectivity index is 5.22. The monoisotopic (exact) mass is 1490 g/mol. The van der Waals surface area contributed by atoms with Gasteiger partial charge in [-0.2, -0.15) is 0 Å². The lowest BCUT2D eigenvalue weighted by Gasteiger charge is -2.21. The van der Waals surface area contributed by atoms with E-state index < -0.39 is 97.5 Å². The second-order valence-electron chi connectivity index (χ2n) is 30.8. The average Bonchev–Trinajstić information content (AvgIpc) is 0.915. The van der Waals surface area contributed by atoms with E-state index in [1.807, 2.05) is 0 Å². The lowest BCUT2D eigenvalue weighted by Crippen LogP contribution is -2.30. The van der Waals surface area contributed by atoms with Gasteiger partial charge in [-0.3, -0.25) is 37.3 Å². The summed E-state index contributed by atoms with van der Waals surface area (Å²) in [6.07, 6.45) is 65.4. The number of hydrogen-bond acceptors (Lipinski definition) is 15. The highest BCUT2D eigenvalue weighted by Gasteiger charge is 2.30. The minimum atomic E-state index is -4.96. The van der Waals surface area contributed by atoms with Crippen LogP contribution in [0.25, 0.3) is 0 Å². The molecule has 0 amide bonds. The highest BCUT2D eigenvalue weighted by molar-refractivity contribution is 7.47. The molecule has 0 saturated heterocycles. The lowest BCUT2D eigenvalue weighted by molar-refractivity contribution is -0.161. The van der Waals surface area contributed by atoms with Gasteiger partial charge in [0, 0.05) is 25.7 Å². The van der Waals surface area contributed by atoms with E-state index in [1.165, 1.54) is 250 Å². The quantitative estimate of drug-likeness (QED) is 0.0222. The molecule has 3 N–H and O–H groups in total. The molecule has 0 saturated carbocycles. The molecule has 0 aliphatic rings. The highest BCUT2D eigenvalue weighted by Crippen LogP contribution is 2.45. The summed E-state index contributed by atoms with van der Waals surface area (Å²) in [5, 5.41) is 10.7. The third-order valence-electron chi connectivity index (χ3n) is 19.5. The minimum absolute atomic E-state index is 0.106. The van der Waals surface area contributed by atoms with Crippen LogP contribution >= 0.6 is 15.6 Å². The molecule has 0 bridgehead atoms. The molecule has 0 spiro atoms. The van der Waals surface area contributed by atoms with E-state index in [-0.39, 0.29) is 25.7 Å². The van der Waals surface area contributed by atoms with Gasteiger partial charge >= 0.3 is 39.5 Å². The Labute approximate surface area is 626 Å². The molecule has 606 valence electrons. The predicted molar refractivity (Wildman–Crippen MR) is 418 cm³/mol. The lowest BCUT2D eigenvalue weighted by atomic mass is 10.0. The first-order valence-corrected chi connectivity index (χ1v) is 46.0. The molecule has 0 aromatic carbocycles. The van der Waals surface area contributed by atoms with E-state index in [0.29, 0.717) is 31.6 Å². The van der Waals surface area contributed by atoms with Crippen LogP contribution in [-0.4, -0.2) is 96.7 Å².